The Morgan fingerprint density at radius 1 is 1.15 bits per heavy atom. The number of nitrogens with one attached hydrogen (secondary N) is 1. The lowest BCUT2D eigenvalue weighted by atomic mass is 9.98. The minimum absolute atomic E-state index is 0.106. The topological polar surface area (TPSA) is 38.0 Å². The lowest BCUT2D eigenvalue weighted by Crippen LogP contribution is -2.29. The normalized spacial score (nSPS) is 12.4. The molecule has 0 amide bonds. The predicted octanol–water partition coefficient (Wildman–Crippen LogP) is 3.90. The number of hydrogen-bond donors (Lipinski definition) is 2. The number of nitrogens with two attached hydrogens (primary N) is 1. The van der Waals surface area contributed by atoms with Crippen LogP contribution in [0, 0.1) is 5.82 Å². The van der Waals surface area contributed by atoms with E-state index in [0.29, 0.717) is 4.47 Å². The van der Waals surface area contributed by atoms with Gasteiger partial charge in [0.1, 0.15) is 5.82 Å². The van der Waals surface area contributed by atoms with Crippen LogP contribution in [0.3, 0.4) is 0 Å². The predicted molar refractivity (Wildman–Crippen MR) is 83.7 cm³/mol. The third kappa shape index (κ3) is 3.66. The number of hydrogen-bond acceptors (Lipinski definition) is 2. The van der Waals surface area contributed by atoms with Crippen molar-refractivity contribution in [2.45, 2.75) is 25.8 Å². The van der Waals surface area contributed by atoms with E-state index in [1.165, 1.54) is 17.2 Å². The molecule has 0 radical (unpaired) electrons. The standard InChI is InChI=1S/C16H18BrFN2/c1-2-11-3-5-12(6-4-11)9-16(20-19)13-7-8-14(17)15(18)10-13/h3-8,10,16,20H,2,9,19H2,1H3. The Labute approximate surface area is 127 Å². The summed E-state index contributed by atoms with van der Waals surface area (Å²) in [4.78, 5) is 0. The second-order valence-electron chi connectivity index (χ2n) is 4.77. The highest BCUT2D eigenvalue weighted by atomic mass is 79.9. The highest BCUT2D eigenvalue weighted by Gasteiger charge is 2.12. The lowest BCUT2D eigenvalue weighted by molar-refractivity contribution is 0.543. The van der Waals surface area contributed by atoms with Crippen LogP contribution in [0.1, 0.15) is 29.7 Å². The van der Waals surface area contributed by atoms with Gasteiger partial charge in [0, 0.05) is 0 Å². The largest absolute Gasteiger partial charge is 0.271 e. The summed E-state index contributed by atoms with van der Waals surface area (Å²) in [6.45, 7) is 2.13. The van der Waals surface area contributed by atoms with Gasteiger partial charge in [-0.15, -0.1) is 0 Å². The van der Waals surface area contributed by atoms with E-state index in [1.807, 2.05) is 6.07 Å². The fourth-order valence-corrected chi connectivity index (χ4v) is 2.40. The van der Waals surface area contributed by atoms with Gasteiger partial charge in [0.25, 0.3) is 0 Å². The average molecular weight is 337 g/mol. The molecule has 0 spiro atoms. The van der Waals surface area contributed by atoms with Crippen molar-refractivity contribution < 1.29 is 4.39 Å². The number of hydrazine groups is 1. The van der Waals surface area contributed by atoms with Gasteiger partial charge < -0.3 is 0 Å². The number of rotatable bonds is 5. The van der Waals surface area contributed by atoms with E-state index in [1.54, 1.807) is 6.07 Å². The fourth-order valence-electron chi connectivity index (χ4n) is 2.15. The molecule has 0 heterocycles. The molecule has 1 atom stereocenters. The summed E-state index contributed by atoms with van der Waals surface area (Å²) >= 11 is 3.16. The zero-order valence-electron chi connectivity index (χ0n) is 11.4. The molecule has 2 aromatic rings. The van der Waals surface area contributed by atoms with Gasteiger partial charge in [-0.1, -0.05) is 37.3 Å². The van der Waals surface area contributed by atoms with Crippen molar-refractivity contribution in [3.63, 3.8) is 0 Å². The van der Waals surface area contributed by atoms with Crippen LogP contribution < -0.4 is 11.3 Å². The van der Waals surface area contributed by atoms with Gasteiger partial charge in [-0.3, -0.25) is 11.3 Å². The molecule has 2 aromatic carbocycles. The zero-order chi connectivity index (χ0) is 14.5. The molecule has 1 unspecified atom stereocenters. The molecule has 0 saturated carbocycles. The van der Waals surface area contributed by atoms with Gasteiger partial charge in [-0.25, -0.2) is 4.39 Å². The van der Waals surface area contributed by atoms with E-state index in [2.05, 4.69) is 52.5 Å². The minimum atomic E-state index is -0.274. The lowest BCUT2D eigenvalue weighted by Gasteiger charge is -2.17. The van der Waals surface area contributed by atoms with Crippen molar-refractivity contribution in [1.82, 2.24) is 5.43 Å². The van der Waals surface area contributed by atoms with Crippen molar-refractivity contribution in [2.75, 3.05) is 0 Å². The Morgan fingerprint density at radius 3 is 2.35 bits per heavy atom. The highest BCUT2D eigenvalue weighted by Crippen LogP contribution is 2.23. The highest BCUT2D eigenvalue weighted by molar-refractivity contribution is 9.10. The first-order valence-electron chi connectivity index (χ1n) is 6.63. The first kappa shape index (κ1) is 15.2. The fraction of sp³-hybridized carbons (Fsp3) is 0.250. The molecule has 2 rings (SSSR count). The van der Waals surface area contributed by atoms with Crippen LogP contribution in [0.15, 0.2) is 46.9 Å². The second kappa shape index (κ2) is 6.97. The summed E-state index contributed by atoms with van der Waals surface area (Å²) < 4.78 is 14.1. The van der Waals surface area contributed by atoms with Crippen molar-refractivity contribution in [3.05, 3.63) is 69.4 Å². The molecule has 0 aromatic heterocycles. The molecular formula is C16H18BrFN2. The summed E-state index contributed by atoms with van der Waals surface area (Å²) in [6, 6.07) is 13.4. The summed E-state index contributed by atoms with van der Waals surface area (Å²) in [5.41, 5.74) is 6.08. The van der Waals surface area contributed by atoms with Gasteiger partial charge in [0.2, 0.25) is 0 Å². The third-order valence-electron chi connectivity index (χ3n) is 3.42. The molecule has 106 valence electrons. The molecule has 0 aliphatic carbocycles. The molecule has 3 N–H and O–H groups in total. The van der Waals surface area contributed by atoms with Crippen LogP contribution in [0.4, 0.5) is 4.39 Å². The van der Waals surface area contributed by atoms with Gasteiger partial charge >= 0.3 is 0 Å². The Balaban J connectivity index is 2.16. The average Bonchev–Trinajstić information content (AvgIpc) is 2.48. The third-order valence-corrected chi connectivity index (χ3v) is 4.06. The monoisotopic (exact) mass is 336 g/mol. The molecule has 2 nitrogen and oxygen atoms in total. The molecule has 0 aliphatic rings. The number of benzene rings is 2. The maximum atomic E-state index is 13.6. The molecule has 0 fully saturated rings. The number of aryl methyl sites for hydroxylation is 1. The molecule has 0 aliphatic heterocycles. The van der Waals surface area contributed by atoms with Crippen molar-refractivity contribution in [1.29, 1.82) is 0 Å². The van der Waals surface area contributed by atoms with Crippen molar-refractivity contribution >= 4 is 15.9 Å². The smallest absolute Gasteiger partial charge is 0.137 e. The van der Waals surface area contributed by atoms with E-state index in [-0.39, 0.29) is 11.9 Å². The number of halogens is 2. The van der Waals surface area contributed by atoms with Crippen LogP contribution in [0.5, 0.6) is 0 Å². The van der Waals surface area contributed by atoms with E-state index in [0.717, 1.165) is 18.4 Å². The van der Waals surface area contributed by atoms with Gasteiger partial charge in [0.15, 0.2) is 0 Å². The van der Waals surface area contributed by atoms with Gasteiger partial charge in [0.05, 0.1) is 10.5 Å². The van der Waals surface area contributed by atoms with Crippen LogP contribution in [-0.2, 0) is 12.8 Å². The summed E-state index contributed by atoms with van der Waals surface area (Å²) in [6.07, 6.45) is 1.75. The van der Waals surface area contributed by atoms with Crippen molar-refractivity contribution in [2.24, 2.45) is 5.84 Å². The Hall–Kier alpha value is -1.23. The maximum absolute atomic E-state index is 13.6. The van der Waals surface area contributed by atoms with Crippen LogP contribution >= 0.6 is 15.9 Å². The molecule has 20 heavy (non-hydrogen) atoms. The van der Waals surface area contributed by atoms with Gasteiger partial charge in [-0.05, 0) is 57.6 Å². The first-order valence-corrected chi connectivity index (χ1v) is 7.42. The summed E-state index contributed by atoms with van der Waals surface area (Å²) in [5.74, 6) is 5.34. The summed E-state index contributed by atoms with van der Waals surface area (Å²) in [7, 11) is 0. The molecule has 0 bridgehead atoms. The zero-order valence-corrected chi connectivity index (χ0v) is 13.0. The minimum Gasteiger partial charge on any atom is -0.271 e. The van der Waals surface area contributed by atoms with E-state index >= 15 is 0 Å². The Morgan fingerprint density at radius 2 is 1.80 bits per heavy atom. The Kier molecular flexibility index (Phi) is 5.29. The molecule has 4 heteroatoms. The second-order valence-corrected chi connectivity index (χ2v) is 5.62. The SMILES string of the molecule is CCc1ccc(CC(NN)c2ccc(Br)c(F)c2)cc1. The Bertz CT molecular complexity index is 569. The van der Waals surface area contributed by atoms with E-state index in [4.69, 9.17) is 5.84 Å². The van der Waals surface area contributed by atoms with Gasteiger partial charge in [-0.2, -0.15) is 0 Å². The molecule has 0 saturated heterocycles. The quantitative estimate of drug-likeness (QED) is 0.642. The van der Waals surface area contributed by atoms with E-state index in [9.17, 15) is 4.39 Å². The van der Waals surface area contributed by atoms with Crippen LogP contribution in [-0.4, -0.2) is 0 Å². The van der Waals surface area contributed by atoms with Crippen molar-refractivity contribution in [3.8, 4) is 0 Å². The first-order chi connectivity index (χ1) is 9.63. The molecular weight excluding hydrogens is 319 g/mol. The van der Waals surface area contributed by atoms with Crippen LogP contribution in [0.2, 0.25) is 0 Å². The summed E-state index contributed by atoms with van der Waals surface area (Å²) in [5, 5.41) is 0. The van der Waals surface area contributed by atoms with Crippen LogP contribution in [0.25, 0.3) is 0 Å². The maximum Gasteiger partial charge on any atom is 0.137 e. The van der Waals surface area contributed by atoms with E-state index < -0.39 is 0 Å².